The molecule has 0 saturated carbocycles. The van der Waals surface area contributed by atoms with E-state index in [1.807, 2.05) is 20.9 Å². The number of carbonyl (C=O) groups is 1. The molecule has 0 aliphatic heterocycles. The molecule has 5 nitrogen and oxygen atoms in total. The van der Waals surface area contributed by atoms with Gasteiger partial charge >= 0.3 is 0 Å². The predicted molar refractivity (Wildman–Crippen MR) is 65.5 cm³/mol. The third kappa shape index (κ3) is 4.19. The first-order valence-electron chi connectivity index (χ1n) is 5.89. The number of rotatable bonds is 6. The molecule has 0 aromatic carbocycles. The van der Waals surface area contributed by atoms with Crippen LogP contribution in [0.25, 0.3) is 0 Å². The van der Waals surface area contributed by atoms with Crippen molar-refractivity contribution in [1.82, 2.24) is 15.1 Å². The molecular weight excluding hydrogens is 218 g/mol. The standard InChI is InChI=1S/C12H21N3O2/c1-9(8-16)6-13-12(17)5-4-11-7-14-15(3)10(11)2/h7,9,16H,4-6,8H2,1-3H3,(H,13,17). The summed E-state index contributed by atoms with van der Waals surface area (Å²) in [4.78, 5) is 11.5. The predicted octanol–water partition coefficient (Wildman–Crippen LogP) is 0.406. The summed E-state index contributed by atoms with van der Waals surface area (Å²) in [7, 11) is 1.89. The van der Waals surface area contributed by atoms with E-state index in [4.69, 9.17) is 5.11 Å². The van der Waals surface area contributed by atoms with Gasteiger partial charge < -0.3 is 10.4 Å². The fourth-order valence-electron chi connectivity index (χ4n) is 1.48. The van der Waals surface area contributed by atoms with Crippen molar-refractivity contribution >= 4 is 5.91 Å². The Morgan fingerprint density at radius 1 is 1.65 bits per heavy atom. The Morgan fingerprint density at radius 2 is 2.35 bits per heavy atom. The van der Waals surface area contributed by atoms with Crippen molar-refractivity contribution < 1.29 is 9.90 Å². The topological polar surface area (TPSA) is 67.2 Å². The summed E-state index contributed by atoms with van der Waals surface area (Å²) in [6.07, 6.45) is 2.97. The van der Waals surface area contributed by atoms with Gasteiger partial charge in [-0.05, 0) is 24.8 Å². The Hall–Kier alpha value is -1.36. The molecule has 0 aliphatic rings. The number of aromatic nitrogens is 2. The third-order valence-electron chi connectivity index (χ3n) is 2.92. The van der Waals surface area contributed by atoms with E-state index in [9.17, 15) is 4.79 Å². The molecule has 1 rings (SSSR count). The highest BCUT2D eigenvalue weighted by atomic mass is 16.3. The quantitative estimate of drug-likeness (QED) is 0.755. The van der Waals surface area contributed by atoms with Gasteiger partial charge in [-0.1, -0.05) is 6.92 Å². The lowest BCUT2D eigenvalue weighted by atomic mass is 10.1. The number of amides is 1. The molecule has 0 spiro atoms. The molecule has 2 N–H and O–H groups in total. The molecule has 0 saturated heterocycles. The molecular formula is C12H21N3O2. The molecule has 0 radical (unpaired) electrons. The summed E-state index contributed by atoms with van der Waals surface area (Å²) < 4.78 is 1.81. The zero-order valence-corrected chi connectivity index (χ0v) is 10.7. The van der Waals surface area contributed by atoms with Gasteiger partial charge in [-0.3, -0.25) is 9.48 Å². The monoisotopic (exact) mass is 239 g/mol. The van der Waals surface area contributed by atoms with Crippen LogP contribution in [0.5, 0.6) is 0 Å². The molecule has 17 heavy (non-hydrogen) atoms. The van der Waals surface area contributed by atoms with E-state index < -0.39 is 0 Å². The minimum absolute atomic E-state index is 0.0218. The Kier molecular flexibility index (Phi) is 5.15. The van der Waals surface area contributed by atoms with Gasteiger partial charge in [0.25, 0.3) is 0 Å². The number of aliphatic hydroxyl groups is 1. The molecule has 0 fully saturated rings. The minimum atomic E-state index is 0.0218. The lowest BCUT2D eigenvalue weighted by Gasteiger charge is -2.09. The summed E-state index contributed by atoms with van der Waals surface area (Å²) in [5.41, 5.74) is 2.21. The number of nitrogens with zero attached hydrogens (tertiary/aromatic N) is 2. The Labute approximate surface area is 102 Å². The summed E-state index contributed by atoms with van der Waals surface area (Å²) >= 11 is 0. The van der Waals surface area contributed by atoms with Crippen LogP contribution in [0, 0.1) is 12.8 Å². The molecule has 1 aromatic heterocycles. The third-order valence-corrected chi connectivity index (χ3v) is 2.92. The first kappa shape index (κ1) is 13.7. The SMILES string of the molecule is Cc1c(CCC(=O)NCC(C)CO)cnn1C. The van der Waals surface area contributed by atoms with E-state index >= 15 is 0 Å². The summed E-state index contributed by atoms with van der Waals surface area (Å²) in [6, 6.07) is 0. The van der Waals surface area contributed by atoms with Crippen molar-refractivity contribution in [3.05, 3.63) is 17.5 Å². The smallest absolute Gasteiger partial charge is 0.220 e. The second-order valence-corrected chi connectivity index (χ2v) is 4.47. The normalized spacial score (nSPS) is 12.5. The van der Waals surface area contributed by atoms with E-state index in [0.717, 1.165) is 11.3 Å². The molecule has 1 atom stereocenters. The molecule has 0 aliphatic carbocycles. The summed E-state index contributed by atoms with van der Waals surface area (Å²) in [6.45, 7) is 4.52. The average Bonchev–Trinajstić information content (AvgIpc) is 2.64. The van der Waals surface area contributed by atoms with E-state index in [1.165, 1.54) is 0 Å². The second kappa shape index (κ2) is 6.39. The van der Waals surface area contributed by atoms with Crippen LogP contribution in [0.1, 0.15) is 24.6 Å². The van der Waals surface area contributed by atoms with Gasteiger partial charge in [0.2, 0.25) is 5.91 Å². The van der Waals surface area contributed by atoms with Crippen LogP contribution in [0.4, 0.5) is 0 Å². The number of aryl methyl sites for hydroxylation is 2. The van der Waals surface area contributed by atoms with Crippen LogP contribution < -0.4 is 5.32 Å². The van der Waals surface area contributed by atoms with Gasteiger partial charge in [0.1, 0.15) is 0 Å². The first-order chi connectivity index (χ1) is 8.04. The van der Waals surface area contributed by atoms with Gasteiger partial charge in [-0.15, -0.1) is 0 Å². The number of aliphatic hydroxyl groups excluding tert-OH is 1. The van der Waals surface area contributed by atoms with Gasteiger partial charge in [-0.25, -0.2) is 0 Å². The molecule has 1 aromatic rings. The Bertz CT molecular complexity index is 374. The van der Waals surface area contributed by atoms with Gasteiger partial charge in [-0.2, -0.15) is 5.10 Å². The zero-order valence-electron chi connectivity index (χ0n) is 10.7. The maximum atomic E-state index is 11.5. The number of hydrogen-bond donors (Lipinski definition) is 2. The highest BCUT2D eigenvalue weighted by Gasteiger charge is 2.08. The van der Waals surface area contributed by atoms with Crippen LogP contribution in [0.15, 0.2) is 6.20 Å². The van der Waals surface area contributed by atoms with E-state index in [2.05, 4.69) is 10.4 Å². The molecule has 1 unspecified atom stereocenters. The average molecular weight is 239 g/mol. The minimum Gasteiger partial charge on any atom is -0.396 e. The summed E-state index contributed by atoms with van der Waals surface area (Å²) in [5, 5.41) is 15.8. The fraction of sp³-hybridized carbons (Fsp3) is 0.667. The summed E-state index contributed by atoms with van der Waals surface area (Å²) in [5.74, 6) is 0.132. The van der Waals surface area contributed by atoms with Crippen molar-refractivity contribution in [2.24, 2.45) is 13.0 Å². The van der Waals surface area contributed by atoms with E-state index in [0.29, 0.717) is 19.4 Å². The van der Waals surface area contributed by atoms with Gasteiger partial charge in [0, 0.05) is 32.3 Å². The van der Waals surface area contributed by atoms with Crippen molar-refractivity contribution in [3.8, 4) is 0 Å². The molecule has 0 bridgehead atoms. The number of nitrogens with one attached hydrogen (secondary N) is 1. The van der Waals surface area contributed by atoms with Crippen LogP contribution in [-0.4, -0.2) is 33.9 Å². The van der Waals surface area contributed by atoms with Crippen LogP contribution in [0.3, 0.4) is 0 Å². The second-order valence-electron chi connectivity index (χ2n) is 4.47. The van der Waals surface area contributed by atoms with Crippen LogP contribution in [0.2, 0.25) is 0 Å². The fourth-order valence-corrected chi connectivity index (χ4v) is 1.48. The first-order valence-corrected chi connectivity index (χ1v) is 5.89. The van der Waals surface area contributed by atoms with Crippen molar-refractivity contribution in [1.29, 1.82) is 0 Å². The Balaban J connectivity index is 2.31. The maximum Gasteiger partial charge on any atom is 0.220 e. The largest absolute Gasteiger partial charge is 0.396 e. The highest BCUT2D eigenvalue weighted by molar-refractivity contribution is 5.76. The van der Waals surface area contributed by atoms with Gasteiger partial charge in [0.05, 0.1) is 6.20 Å². The highest BCUT2D eigenvalue weighted by Crippen LogP contribution is 2.08. The van der Waals surface area contributed by atoms with Gasteiger partial charge in [0.15, 0.2) is 0 Å². The lowest BCUT2D eigenvalue weighted by molar-refractivity contribution is -0.121. The van der Waals surface area contributed by atoms with E-state index in [1.54, 1.807) is 10.9 Å². The molecule has 1 heterocycles. The van der Waals surface area contributed by atoms with E-state index in [-0.39, 0.29) is 18.4 Å². The number of carbonyl (C=O) groups excluding carboxylic acids is 1. The maximum absolute atomic E-state index is 11.5. The zero-order chi connectivity index (χ0) is 12.8. The molecule has 96 valence electrons. The van der Waals surface area contributed by atoms with Crippen molar-refractivity contribution in [2.45, 2.75) is 26.7 Å². The number of hydrogen-bond acceptors (Lipinski definition) is 3. The lowest BCUT2D eigenvalue weighted by Crippen LogP contribution is -2.29. The molecule has 1 amide bonds. The van der Waals surface area contributed by atoms with Crippen molar-refractivity contribution in [3.63, 3.8) is 0 Å². The Morgan fingerprint density at radius 3 is 2.88 bits per heavy atom. The molecule has 5 heteroatoms. The van der Waals surface area contributed by atoms with Crippen LogP contribution >= 0.6 is 0 Å². The van der Waals surface area contributed by atoms with Crippen LogP contribution in [-0.2, 0) is 18.3 Å². The van der Waals surface area contributed by atoms with Crippen molar-refractivity contribution in [2.75, 3.05) is 13.2 Å².